The van der Waals surface area contributed by atoms with Crippen LogP contribution >= 0.6 is 0 Å². The zero-order chi connectivity index (χ0) is 12.6. The minimum absolute atomic E-state index is 0.0213. The number of carbonyl (C=O) groups excluding carboxylic acids is 1. The summed E-state index contributed by atoms with van der Waals surface area (Å²) < 4.78 is 6.26. The van der Waals surface area contributed by atoms with Gasteiger partial charge in [0.05, 0.1) is 5.52 Å². The largest absolute Gasteiger partial charge is 0.475 e. The van der Waals surface area contributed by atoms with Gasteiger partial charge in [-0.15, -0.1) is 0 Å². The Labute approximate surface area is 95.1 Å². The monoisotopic (exact) mass is 235 g/mol. The van der Waals surface area contributed by atoms with E-state index < -0.39 is 17.5 Å². The Hall–Kier alpha value is -2.37. The van der Waals surface area contributed by atoms with Gasteiger partial charge in [-0.1, -0.05) is 0 Å². The third kappa shape index (κ3) is 1.73. The van der Waals surface area contributed by atoms with Crippen molar-refractivity contribution in [2.24, 2.45) is 0 Å². The Balaban J connectivity index is 2.68. The van der Waals surface area contributed by atoms with Crippen LogP contribution in [0.4, 0.5) is 0 Å². The molecule has 0 unspecified atom stereocenters. The maximum Gasteiger partial charge on any atom is 0.419 e. The summed E-state index contributed by atoms with van der Waals surface area (Å²) in [5.74, 6) is -3.07. The molecule has 0 atom stereocenters. The average Bonchev–Trinajstić information content (AvgIpc) is 2.62. The number of carbonyl (C=O) groups is 2. The van der Waals surface area contributed by atoms with Gasteiger partial charge in [-0.05, 0) is 25.1 Å². The molecule has 1 heterocycles. The van der Waals surface area contributed by atoms with E-state index in [1.54, 1.807) is 6.92 Å². The molecule has 0 amide bonds. The summed E-state index contributed by atoms with van der Waals surface area (Å²) in [4.78, 5) is 33.2. The minimum atomic E-state index is -1.53. The molecule has 6 nitrogen and oxygen atoms in total. The molecule has 1 N–H and O–H groups in total. The Kier molecular flexibility index (Phi) is 2.55. The summed E-state index contributed by atoms with van der Waals surface area (Å²) >= 11 is 0. The number of hydrogen-bond donors (Lipinski definition) is 1. The zero-order valence-electron chi connectivity index (χ0n) is 8.97. The van der Waals surface area contributed by atoms with Crippen LogP contribution in [0.3, 0.4) is 0 Å². The Morgan fingerprint density at radius 2 is 2.12 bits per heavy atom. The van der Waals surface area contributed by atoms with Gasteiger partial charge in [0.15, 0.2) is 5.58 Å². The first-order valence-electron chi connectivity index (χ1n) is 4.95. The summed E-state index contributed by atoms with van der Waals surface area (Å²) in [7, 11) is 0. The van der Waals surface area contributed by atoms with Gasteiger partial charge < -0.3 is 9.52 Å². The molecule has 0 radical (unpaired) electrons. The molecular formula is C11H9NO5. The number of rotatable bonds is 3. The van der Waals surface area contributed by atoms with Gasteiger partial charge in [-0.2, -0.15) is 0 Å². The molecule has 0 aliphatic heterocycles. The summed E-state index contributed by atoms with van der Waals surface area (Å²) in [6.07, 6.45) is 0. The lowest BCUT2D eigenvalue weighted by Gasteiger charge is -1.98. The van der Waals surface area contributed by atoms with Crippen LogP contribution in [0.1, 0.15) is 17.3 Å². The number of Topliss-reactive ketones (excluding diaryl/α,β-unsaturated/α-hetero) is 1. The number of aromatic nitrogens is 1. The predicted octanol–water partition coefficient (Wildman–Crippen LogP) is 0.882. The van der Waals surface area contributed by atoms with Crippen molar-refractivity contribution in [1.29, 1.82) is 0 Å². The van der Waals surface area contributed by atoms with Crippen LogP contribution in [-0.4, -0.2) is 21.4 Å². The molecule has 1 aromatic heterocycles. The number of carboxylic acids is 1. The van der Waals surface area contributed by atoms with Crippen molar-refractivity contribution in [3.8, 4) is 0 Å². The maximum atomic E-state index is 11.4. The molecule has 17 heavy (non-hydrogen) atoms. The van der Waals surface area contributed by atoms with Crippen molar-refractivity contribution in [2.45, 2.75) is 13.5 Å². The first-order valence-corrected chi connectivity index (χ1v) is 4.95. The van der Waals surface area contributed by atoms with E-state index in [4.69, 9.17) is 9.52 Å². The summed E-state index contributed by atoms with van der Waals surface area (Å²) in [6.45, 7) is 2.14. The van der Waals surface area contributed by atoms with Crippen LogP contribution in [0, 0.1) is 0 Å². The number of nitrogens with zero attached hydrogens (tertiary/aromatic N) is 1. The van der Waals surface area contributed by atoms with Crippen LogP contribution in [0.15, 0.2) is 27.4 Å². The van der Waals surface area contributed by atoms with E-state index in [1.165, 1.54) is 22.8 Å². The van der Waals surface area contributed by atoms with Crippen molar-refractivity contribution >= 4 is 22.9 Å². The van der Waals surface area contributed by atoms with E-state index in [2.05, 4.69) is 0 Å². The van der Waals surface area contributed by atoms with Crippen LogP contribution in [0.25, 0.3) is 11.1 Å². The SMILES string of the molecule is CCn1c(=O)oc2ccc(C(=O)C(=O)O)cc21. The van der Waals surface area contributed by atoms with Crippen LogP contribution < -0.4 is 5.76 Å². The van der Waals surface area contributed by atoms with Crippen LogP contribution in [0.2, 0.25) is 0 Å². The smallest absolute Gasteiger partial charge is 0.419 e. The summed E-state index contributed by atoms with van der Waals surface area (Å²) in [6, 6.07) is 4.08. The Morgan fingerprint density at radius 1 is 1.41 bits per heavy atom. The number of hydrogen-bond acceptors (Lipinski definition) is 4. The van der Waals surface area contributed by atoms with Crippen LogP contribution in [-0.2, 0) is 11.3 Å². The van der Waals surface area contributed by atoms with Gasteiger partial charge in [-0.25, -0.2) is 9.59 Å². The number of benzene rings is 1. The fraction of sp³-hybridized carbons (Fsp3) is 0.182. The van der Waals surface area contributed by atoms with E-state index in [0.717, 1.165) is 0 Å². The molecule has 6 heteroatoms. The molecule has 88 valence electrons. The van der Waals surface area contributed by atoms with Crippen molar-refractivity contribution < 1.29 is 19.1 Å². The van der Waals surface area contributed by atoms with E-state index in [1.807, 2.05) is 0 Å². The molecule has 0 aliphatic carbocycles. The molecular weight excluding hydrogens is 226 g/mol. The molecule has 1 aromatic carbocycles. The van der Waals surface area contributed by atoms with Crippen molar-refractivity contribution in [3.05, 3.63) is 34.3 Å². The highest BCUT2D eigenvalue weighted by Gasteiger charge is 2.17. The number of oxazole rings is 1. The molecule has 0 fully saturated rings. The highest BCUT2D eigenvalue weighted by molar-refractivity contribution is 6.40. The van der Waals surface area contributed by atoms with Crippen molar-refractivity contribution in [1.82, 2.24) is 4.57 Å². The van der Waals surface area contributed by atoms with E-state index in [0.29, 0.717) is 17.6 Å². The summed E-state index contributed by atoms with van der Waals surface area (Å²) in [5, 5.41) is 8.60. The van der Waals surface area contributed by atoms with Gasteiger partial charge in [0, 0.05) is 12.1 Å². The number of aliphatic carboxylic acids is 1. The highest BCUT2D eigenvalue weighted by atomic mass is 16.4. The standard InChI is InChI=1S/C11H9NO5/c1-2-12-7-5-6(9(13)10(14)15)3-4-8(7)17-11(12)16/h3-5H,2H2,1H3,(H,14,15). The second kappa shape index (κ2) is 3.89. The van der Waals surface area contributed by atoms with E-state index >= 15 is 0 Å². The molecule has 2 rings (SSSR count). The molecule has 0 saturated heterocycles. The molecule has 0 bridgehead atoms. The van der Waals surface area contributed by atoms with Gasteiger partial charge >= 0.3 is 11.7 Å². The maximum absolute atomic E-state index is 11.4. The number of carboxylic acid groups (broad SMARTS) is 1. The number of aryl methyl sites for hydroxylation is 1. The fourth-order valence-corrected chi connectivity index (χ4v) is 1.63. The third-order valence-corrected chi connectivity index (χ3v) is 2.44. The lowest BCUT2D eigenvalue weighted by Crippen LogP contribution is -2.14. The van der Waals surface area contributed by atoms with Crippen molar-refractivity contribution in [3.63, 3.8) is 0 Å². The average molecular weight is 235 g/mol. The molecule has 0 saturated carbocycles. The first kappa shape index (κ1) is 11.1. The van der Waals surface area contributed by atoms with E-state index in [9.17, 15) is 14.4 Å². The third-order valence-electron chi connectivity index (χ3n) is 2.44. The number of ketones is 1. The second-order valence-corrected chi connectivity index (χ2v) is 3.43. The minimum Gasteiger partial charge on any atom is -0.475 e. The quantitative estimate of drug-likeness (QED) is 0.630. The van der Waals surface area contributed by atoms with Crippen molar-refractivity contribution in [2.75, 3.05) is 0 Å². The van der Waals surface area contributed by atoms with Gasteiger partial charge in [0.2, 0.25) is 0 Å². The summed E-state index contributed by atoms with van der Waals surface area (Å²) in [5.41, 5.74) is 0.774. The second-order valence-electron chi connectivity index (χ2n) is 3.43. The fourth-order valence-electron chi connectivity index (χ4n) is 1.63. The normalized spacial score (nSPS) is 10.6. The lowest BCUT2D eigenvalue weighted by molar-refractivity contribution is -0.131. The lowest BCUT2D eigenvalue weighted by atomic mass is 10.1. The predicted molar refractivity (Wildman–Crippen MR) is 58.1 cm³/mol. The van der Waals surface area contributed by atoms with Gasteiger partial charge in [-0.3, -0.25) is 9.36 Å². The highest BCUT2D eigenvalue weighted by Crippen LogP contribution is 2.15. The Morgan fingerprint density at radius 3 is 2.71 bits per heavy atom. The molecule has 0 aliphatic rings. The van der Waals surface area contributed by atoms with E-state index in [-0.39, 0.29) is 5.56 Å². The van der Waals surface area contributed by atoms with Crippen LogP contribution in [0.5, 0.6) is 0 Å². The first-order chi connectivity index (χ1) is 8.04. The zero-order valence-corrected chi connectivity index (χ0v) is 8.97. The molecule has 2 aromatic rings. The van der Waals surface area contributed by atoms with Gasteiger partial charge in [0.25, 0.3) is 5.78 Å². The Bertz CT molecular complexity index is 664. The number of fused-ring (bicyclic) bond motifs is 1. The topological polar surface area (TPSA) is 89.5 Å². The van der Waals surface area contributed by atoms with Gasteiger partial charge in [0.1, 0.15) is 0 Å². The molecule has 0 spiro atoms.